The Bertz CT molecular complexity index is 210. The van der Waals surface area contributed by atoms with E-state index in [2.05, 4.69) is 0 Å². The van der Waals surface area contributed by atoms with Gasteiger partial charge in [-0.1, -0.05) is 6.42 Å². The summed E-state index contributed by atoms with van der Waals surface area (Å²) in [7, 11) is 5.43. The highest BCUT2D eigenvalue weighted by Gasteiger charge is 2.60. The van der Waals surface area contributed by atoms with Crippen molar-refractivity contribution in [2.45, 2.75) is 37.6 Å². The maximum absolute atomic E-state index is 5.59. The van der Waals surface area contributed by atoms with Gasteiger partial charge in [0.15, 0.2) is 0 Å². The molecule has 0 atom stereocenters. The van der Waals surface area contributed by atoms with E-state index < -0.39 is 24.0 Å². The maximum Gasteiger partial charge on any atom is 0.399 e. The first kappa shape index (κ1) is 20.2. The Morgan fingerprint density at radius 1 is 1.00 bits per heavy atom. The molecule has 0 bridgehead atoms. The lowest BCUT2D eigenvalue weighted by Crippen LogP contribution is -2.65. The van der Waals surface area contributed by atoms with Crippen LogP contribution in [0.15, 0.2) is 0 Å². The Balaban J connectivity index is 0.000000511. The lowest BCUT2D eigenvalue weighted by atomic mass is 10.2. The molecule has 1 fully saturated rings. The van der Waals surface area contributed by atoms with Crippen molar-refractivity contribution in [1.29, 1.82) is 0 Å². The van der Waals surface area contributed by atoms with Gasteiger partial charge in [0, 0.05) is 48.6 Å². The molecule has 1 heterocycles. The third-order valence-corrected chi connectivity index (χ3v) is 8.53. The Morgan fingerprint density at radius 2 is 1.60 bits per heavy atom. The Morgan fingerprint density at radius 3 is 1.90 bits per heavy atom. The van der Waals surface area contributed by atoms with E-state index in [0.717, 1.165) is 31.9 Å². The van der Waals surface area contributed by atoms with Crippen molar-refractivity contribution in [3.8, 4) is 0 Å². The van der Waals surface area contributed by atoms with E-state index in [1.165, 1.54) is 0 Å². The zero-order valence-electron chi connectivity index (χ0n) is 13.7. The molecule has 6 nitrogen and oxygen atoms in total. The SMILES string of the molecule is CCO[SiH2]OC.COC1(OC)CCCC[Si]1(OC)OC. The van der Waals surface area contributed by atoms with Gasteiger partial charge in [-0.3, -0.25) is 0 Å². The predicted molar refractivity (Wildman–Crippen MR) is 82.4 cm³/mol. The molecule has 0 aromatic heterocycles. The molecule has 1 saturated heterocycles. The van der Waals surface area contributed by atoms with Crippen molar-refractivity contribution in [3.05, 3.63) is 0 Å². The smallest absolute Gasteiger partial charge is 0.399 e. The normalized spacial score (nSPS) is 20.7. The molecule has 0 radical (unpaired) electrons. The zero-order chi connectivity index (χ0) is 15.5. The van der Waals surface area contributed by atoms with E-state index in [0.29, 0.717) is 0 Å². The summed E-state index contributed by atoms with van der Waals surface area (Å²) in [5.74, 6) is 0. The Kier molecular flexibility index (Phi) is 11.0. The molecule has 0 saturated carbocycles. The minimum atomic E-state index is -2.35. The van der Waals surface area contributed by atoms with Crippen LogP contribution >= 0.6 is 0 Å². The highest BCUT2D eigenvalue weighted by atomic mass is 28.4. The molecule has 0 aromatic rings. The van der Waals surface area contributed by atoms with Crippen molar-refractivity contribution in [2.75, 3.05) is 42.2 Å². The fourth-order valence-electron chi connectivity index (χ4n) is 2.46. The maximum atomic E-state index is 5.59. The topological polar surface area (TPSA) is 55.4 Å². The summed E-state index contributed by atoms with van der Waals surface area (Å²) < 4.78 is 31.8. The minimum absolute atomic E-state index is 0.578. The van der Waals surface area contributed by atoms with Crippen LogP contribution in [0.4, 0.5) is 0 Å². The second-order valence-electron chi connectivity index (χ2n) is 4.43. The number of rotatable bonds is 7. The van der Waals surface area contributed by atoms with Crippen LogP contribution in [0, 0.1) is 0 Å². The van der Waals surface area contributed by atoms with E-state index in [-0.39, 0.29) is 0 Å². The first-order valence-corrected chi connectivity index (χ1v) is 10.1. The highest BCUT2D eigenvalue weighted by molar-refractivity contribution is 6.70. The average molecular weight is 327 g/mol. The third-order valence-electron chi connectivity index (χ3n) is 3.57. The summed E-state index contributed by atoms with van der Waals surface area (Å²) in [4.78, 5) is 0. The molecule has 8 heteroatoms. The number of hydrogen-bond acceptors (Lipinski definition) is 6. The molecule has 0 amide bonds. The number of hydrogen-bond donors (Lipinski definition) is 0. The van der Waals surface area contributed by atoms with Crippen molar-refractivity contribution < 1.29 is 27.2 Å². The van der Waals surface area contributed by atoms with Gasteiger partial charge in [-0.15, -0.1) is 0 Å². The minimum Gasteiger partial charge on any atom is -0.402 e. The first-order valence-electron chi connectivity index (χ1n) is 6.89. The molecule has 122 valence electrons. The molecule has 0 aliphatic carbocycles. The van der Waals surface area contributed by atoms with Crippen LogP contribution in [0.1, 0.15) is 26.2 Å². The molecule has 1 rings (SSSR count). The van der Waals surface area contributed by atoms with Crippen LogP contribution in [0.2, 0.25) is 6.04 Å². The standard InChI is InChI=1S/C9H20O4Si.C3H10O2Si/c1-10-9(11-2)7-5-6-8-14(9,12-3)13-4;1-3-5-6-4-2/h5-8H2,1-4H3;3,6H2,1-2H3. The molecular formula is C12H30O6Si2. The van der Waals surface area contributed by atoms with Crippen LogP contribution < -0.4 is 0 Å². The van der Waals surface area contributed by atoms with Gasteiger partial charge in [-0.2, -0.15) is 0 Å². The lowest BCUT2D eigenvalue weighted by molar-refractivity contribution is -0.183. The van der Waals surface area contributed by atoms with Crippen molar-refractivity contribution in [2.24, 2.45) is 0 Å². The summed E-state index contributed by atoms with van der Waals surface area (Å²) in [5, 5.41) is 0. The van der Waals surface area contributed by atoms with Gasteiger partial charge < -0.3 is 27.2 Å². The third kappa shape index (κ3) is 4.88. The fourth-order valence-corrected chi connectivity index (χ4v) is 6.27. The van der Waals surface area contributed by atoms with Gasteiger partial charge in [0.1, 0.15) is 0 Å². The van der Waals surface area contributed by atoms with Crippen LogP contribution in [-0.4, -0.2) is 66.1 Å². The molecule has 0 unspecified atom stereocenters. The lowest BCUT2D eigenvalue weighted by Gasteiger charge is -2.46. The van der Waals surface area contributed by atoms with Crippen molar-refractivity contribution in [1.82, 2.24) is 0 Å². The van der Waals surface area contributed by atoms with Crippen LogP contribution in [0.3, 0.4) is 0 Å². The van der Waals surface area contributed by atoms with Gasteiger partial charge in [-0.25, -0.2) is 0 Å². The largest absolute Gasteiger partial charge is 0.402 e. The molecule has 0 spiro atoms. The Labute approximate surface area is 126 Å². The zero-order valence-corrected chi connectivity index (χ0v) is 16.1. The number of ether oxygens (including phenoxy) is 2. The molecular weight excluding hydrogens is 296 g/mol. The molecule has 1 aliphatic rings. The highest BCUT2D eigenvalue weighted by Crippen LogP contribution is 2.40. The molecule has 0 N–H and O–H groups in total. The summed E-state index contributed by atoms with van der Waals surface area (Å²) >= 11 is 0. The van der Waals surface area contributed by atoms with Crippen LogP contribution in [-0.2, 0) is 27.2 Å². The number of methoxy groups -OCH3 is 2. The molecule has 0 aromatic carbocycles. The van der Waals surface area contributed by atoms with E-state index in [1.54, 1.807) is 35.5 Å². The van der Waals surface area contributed by atoms with E-state index in [4.69, 9.17) is 27.2 Å². The molecule has 20 heavy (non-hydrogen) atoms. The quantitative estimate of drug-likeness (QED) is 0.397. The van der Waals surface area contributed by atoms with E-state index in [1.807, 2.05) is 6.92 Å². The summed E-state index contributed by atoms with van der Waals surface area (Å²) in [5.41, 5.74) is -0.630. The summed E-state index contributed by atoms with van der Waals surface area (Å²) in [6.07, 6.45) is 3.08. The average Bonchev–Trinajstić information content (AvgIpc) is 2.53. The van der Waals surface area contributed by atoms with Crippen molar-refractivity contribution >= 4 is 18.6 Å². The Hall–Kier alpha value is 0.194. The van der Waals surface area contributed by atoms with Crippen LogP contribution in [0.5, 0.6) is 0 Å². The van der Waals surface area contributed by atoms with Crippen molar-refractivity contribution in [3.63, 3.8) is 0 Å². The second-order valence-corrected chi connectivity index (χ2v) is 9.23. The molecule has 1 aliphatic heterocycles. The van der Waals surface area contributed by atoms with Gasteiger partial charge in [0.25, 0.3) is 0 Å². The van der Waals surface area contributed by atoms with Gasteiger partial charge >= 0.3 is 18.6 Å². The summed E-state index contributed by atoms with van der Waals surface area (Å²) in [6.45, 7) is 2.76. The monoisotopic (exact) mass is 326 g/mol. The van der Waals surface area contributed by atoms with Gasteiger partial charge in [0.05, 0.1) is 0 Å². The fraction of sp³-hybridized carbons (Fsp3) is 1.00. The second kappa shape index (κ2) is 10.9. The van der Waals surface area contributed by atoms with E-state index in [9.17, 15) is 0 Å². The predicted octanol–water partition coefficient (Wildman–Crippen LogP) is 1.10. The van der Waals surface area contributed by atoms with Gasteiger partial charge in [-0.05, 0) is 19.4 Å². The van der Waals surface area contributed by atoms with Crippen LogP contribution in [0.25, 0.3) is 0 Å². The van der Waals surface area contributed by atoms with E-state index >= 15 is 0 Å². The van der Waals surface area contributed by atoms with Gasteiger partial charge in [0.2, 0.25) is 5.41 Å². The summed E-state index contributed by atoms with van der Waals surface area (Å²) in [6, 6.07) is 0.932. The first-order chi connectivity index (χ1) is 9.61.